The summed E-state index contributed by atoms with van der Waals surface area (Å²) in [6, 6.07) is 0. The number of benzene rings is 1. The first-order valence-corrected chi connectivity index (χ1v) is 5.46. The van der Waals surface area contributed by atoms with E-state index < -0.39 is 0 Å². The summed E-state index contributed by atoms with van der Waals surface area (Å²) in [7, 11) is 0. The van der Waals surface area contributed by atoms with Crippen LogP contribution in [0.2, 0.25) is 0 Å². The van der Waals surface area contributed by atoms with E-state index >= 15 is 0 Å². The minimum atomic E-state index is -0.319. The molecule has 0 radical (unpaired) electrons. The van der Waals surface area contributed by atoms with E-state index in [0.29, 0.717) is 5.69 Å². The third-order valence-electron chi connectivity index (χ3n) is 2.76. The normalized spacial score (nSPS) is 15.3. The monoisotopic (exact) mass is 258 g/mol. The lowest BCUT2D eigenvalue weighted by atomic mass is 9.90. The third kappa shape index (κ3) is 1.29. The van der Waals surface area contributed by atoms with Gasteiger partial charge in [-0.05, 0) is 52.7 Å². The van der Waals surface area contributed by atoms with Crippen LogP contribution in [0.5, 0.6) is 0 Å². The molecule has 2 rings (SSSR count). The first kappa shape index (κ1) is 9.77. The Balaban J connectivity index is 2.71. The summed E-state index contributed by atoms with van der Waals surface area (Å²) in [5, 5.41) is 0. The zero-order valence-electron chi connectivity index (χ0n) is 7.74. The zero-order valence-corrected chi connectivity index (χ0v) is 9.33. The smallest absolute Gasteiger partial charge is 0.151 e. The summed E-state index contributed by atoms with van der Waals surface area (Å²) >= 11 is 3.38. The van der Waals surface area contributed by atoms with Gasteiger partial charge in [0.25, 0.3) is 0 Å². The van der Waals surface area contributed by atoms with Crippen LogP contribution in [0.25, 0.3) is 0 Å². The van der Waals surface area contributed by atoms with Crippen LogP contribution in [0.1, 0.15) is 24.0 Å². The number of anilines is 2. The molecular formula is C10H12BrFN2. The summed E-state index contributed by atoms with van der Waals surface area (Å²) in [4.78, 5) is 0. The molecular weight excluding hydrogens is 247 g/mol. The standard InChI is InChI=1S/C10H12BrFN2/c11-7-5-3-1-2-4-6(5)8(12)10(14)9(7)13/h1-4,13-14H2. The van der Waals surface area contributed by atoms with E-state index in [1.54, 1.807) is 0 Å². The van der Waals surface area contributed by atoms with Crippen molar-refractivity contribution in [3.63, 3.8) is 0 Å². The van der Waals surface area contributed by atoms with Crippen molar-refractivity contribution in [2.75, 3.05) is 11.5 Å². The number of nitrogens with two attached hydrogens (primary N) is 2. The fourth-order valence-corrected chi connectivity index (χ4v) is 2.60. The highest BCUT2D eigenvalue weighted by Gasteiger charge is 2.21. The van der Waals surface area contributed by atoms with Crippen molar-refractivity contribution in [1.82, 2.24) is 0 Å². The average Bonchev–Trinajstić information content (AvgIpc) is 2.23. The van der Waals surface area contributed by atoms with E-state index in [9.17, 15) is 4.39 Å². The van der Waals surface area contributed by atoms with Crippen molar-refractivity contribution < 1.29 is 4.39 Å². The predicted molar refractivity (Wildman–Crippen MR) is 59.6 cm³/mol. The van der Waals surface area contributed by atoms with Gasteiger partial charge in [-0.25, -0.2) is 4.39 Å². The van der Waals surface area contributed by atoms with Crippen molar-refractivity contribution in [3.05, 3.63) is 21.4 Å². The summed E-state index contributed by atoms with van der Waals surface area (Å²) in [6.07, 6.45) is 3.77. The molecule has 0 amide bonds. The second-order valence-electron chi connectivity index (χ2n) is 3.62. The maximum atomic E-state index is 13.7. The minimum Gasteiger partial charge on any atom is -0.396 e. The van der Waals surface area contributed by atoms with E-state index in [4.69, 9.17) is 11.5 Å². The molecule has 1 aromatic carbocycles. The molecule has 0 spiro atoms. The Hall–Kier alpha value is -0.770. The van der Waals surface area contributed by atoms with Gasteiger partial charge in [-0.2, -0.15) is 0 Å². The van der Waals surface area contributed by atoms with Crippen molar-refractivity contribution >= 4 is 27.3 Å². The molecule has 0 unspecified atom stereocenters. The van der Waals surface area contributed by atoms with E-state index in [2.05, 4.69) is 15.9 Å². The maximum Gasteiger partial charge on any atom is 0.151 e. The Morgan fingerprint density at radius 1 is 1.00 bits per heavy atom. The number of rotatable bonds is 0. The van der Waals surface area contributed by atoms with Crippen LogP contribution in [0.15, 0.2) is 4.47 Å². The van der Waals surface area contributed by atoms with Gasteiger partial charge in [0.15, 0.2) is 5.82 Å². The second-order valence-corrected chi connectivity index (χ2v) is 4.41. The summed E-state index contributed by atoms with van der Waals surface area (Å²) < 4.78 is 14.5. The lowest BCUT2D eigenvalue weighted by molar-refractivity contribution is 0.582. The molecule has 1 aliphatic carbocycles. The van der Waals surface area contributed by atoms with Gasteiger partial charge in [-0.1, -0.05) is 0 Å². The van der Waals surface area contributed by atoms with E-state index in [-0.39, 0.29) is 11.5 Å². The number of hydrogen-bond acceptors (Lipinski definition) is 2. The van der Waals surface area contributed by atoms with E-state index in [0.717, 1.165) is 41.3 Å². The first-order chi connectivity index (χ1) is 6.63. The van der Waals surface area contributed by atoms with Gasteiger partial charge in [0.05, 0.1) is 11.4 Å². The quantitative estimate of drug-likeness (QED) is 0.703. The fourth-order valence-electron chi connectivity index (χ4n) is 1.95. The van der Waals surface area contributed by atoms with Crippen molar-refractivity contribution in [1.29, 1.82) is 0 Å². The number of fused-ring (bicyclic) bond motifs is 1. The van der Waals surface area contributed by atoms with Crippen molar-refractivity contribution in [3.8, 4) is 0 Å². The van der Waals surface area contributed by atoms with Crippen LogP contribution in [0.3, 0.4) is 0 Å². The molecule has 0 aliphatic heterocycles. The second kappa shape index (κ2) is 3.42. The fraction of sp³-hybridized carbons (Fsp3) is 0.400. The molecule has 76 valence electrons. The molecule has 1 aromatic rings. The van der Waals surface area contributed by atoms with Crippen LogP contribution >= 0.6 is 15.9 Å². The van der Waals surface area contributed by atoms with Crippen LogP contribution in [-0.4, -0.2) is 0 Å². The lowest BCUT2D eigenvalue weighted by Crippen LogP contribution is -2.11. The van der Waals surface area contributed by atoms with Gasteiger partial charge in [0.2, 0.25) is 0 Å². The average molecular weight is 259 g/mol. The maximum absolute atomic E-state index is 13.7. The topological polar surface area (TPSA) is 52.0 Å². The molecule has 0 saturated carbocycles. The molecule has 0 aromatic heterocycles. The SMILES string of the molecule is Nc1c(N)c(Br)c2c(c1F)CCCC2. The van der Waals surface area contributed by atoms with Crippen molar-refractivity contribution in [2.45, 2.75) is 25.7 Å². The van der Waals surface area contributed by atoms with Gasteiger partial charge in [-0.3, -0.25) is 0 Å². The highest BCUT2D eigenvalue weighted by atomic mass is 79.9. The zero-order chi connectivity index (χ0) is 10.3. The molecule has 0 atom stereocenters. The summed E-state index contributed by atoms with van der Waals surface area (Å²) in [6.45, 7) is 0. The van der Waals surface area contributed by atoms with Crippen LogP contribution in [0.4, 0.5) is 15.8 Å². The van der Waals surface area contributed by atoms with Crippen LogP contribution in [0, 0.1) is 5.82 Å². The summed E-state index contributed by atoms with van der Waals surface area (Å²) in [5.74, 6) is -0.319. The molecule has 1 aliphatic rings. The third-order valence-corrected chi connectivity index (χ3v) is 3.67. The lowest BCUT2D eigenvalue weighted by Gasteiger charge is -2.20. The Kier molecular flexibility index (Phi) is 2.39. The molecule has 0 bridgehead atoms. The molecule has 0 saturated heterocycles. The number of hydrogen-bond donors (Lipinski definition) is 2. The Labute approximate surface area is 90.6 Å². The highest BCUT2D eigenvalue weighted by molar-refractivity contribution is 9.10. The molecule has 0 heterocycles. The van der Waals surface area contributed by atoms with Crippen LogP contribution < -0.4 is 11.5 Å². The van der Waals surface area contributed by atoms with Crippen LogP contribution in [-0.2, 0) is 12.8 Å². The number of halogens is 2. The Morgan fingerprint density at radius 2 is 1.57 bits per heavy atom. The summed E-state index contributed by atoms with van der Waals surface area (Å²) in [5.41, 5.74) is 13.4. The van der Waals surface area contributed by atoms with Crippen molar-refractivity contribution in [2.24, 2.45) is 0 Å². The number of nitrogen functional groups attached to an aromatic ring is 2. The Morgan fingerprint density at radius 3 is 2.21 bits per heavy atom. The van der Waals surface area contributed by atoms with Gasteiger partial charge in [0.1, 0.15) is 0 Å². The highest BCUT2D eigenvalue weighted by Crippen LogP contribution is 2.38. The van der Waals surface area contributed by atoms with Gasteiger partial charge >= 0.3 is 0 Å². The van der Waals surface area contributed by atoms with Gasteiger partial charge in [-0.15, -0.1) is 0 Å². The first-order valence-electron chi connectivity index (χ1n) is 4.66. The predicted octanol–water partition coefficient (Wildman–Crippen LogP) is 2.63. The van der Waals surface area contributed by atoms with E-state index in [1.165, 1.54) is 0 Å². The molecule has 4 heteroatoms. The van der Waals surface area contributed by atoms with Gasteiger partial charge in [0, 0.05) is 4.47 Å². The minimum absolute atomic E-state index is 0.0810. The largest absolute Gasteiger partial charge is 0.396 e. The molecule has 4 N–H and O–H groups in total. The molecule has 14 heavy (non-hydrogen) atoms. The molecule has 0 fully saturated rings. The van der Waals surface area contributed by atoms with Gasteiger partial charge < -0.3 is 11.5 Å². The molecule has 2 nitrogen and oxygen atoms in total. The van der Waals surface area contributed by atoms with E-state index in [1.807, 2.05) is 0 Å². The Bertz CT molecular complexity index is 353.